The van der Waals surface area contributed by atoms with Crippen molar-refractivity contribution in [3.8, 4) is 5.75 Å². The van der Waals surface area contributed by atoms with E-state index in [2.05, 4.69) is 0 Å². The van der Waals surface area contributed by atoms with Crippen LogP contribution in [0, 0.1) is 0 Å². The van der Waals surface area contributed by atoms with Gasteiger partial charge in [0.2, 0.25) is 5.43 Å². The summed E-state index contributed by atoms with van der Waals surface area (Å²) in [6.45, 7) is 0.231. The average molecular weight is 245 g/mol. The molecule has 0 saturated carbocycles. The standard InChI is InChI=1S/C11H13ClO4/c1-15-5-7-3-9(12)4-8(6-16-2)11(14)10(7)13/h3-4H,5-6H2,1-2H3,(H,13,14). The van der Waals surface area contributed by atoms with Crippen molar-refractivity contribution in [2.45, 2.75) is 13.2 Å². The molecular formula is C11H13ClO4. The van der Waals surface area contributed by atoms with Gasteiger partial charge in [0.05, 0.1) is 13.2 Å². The lowest BCUT2D eigenvalue weighted by Crippen LogP contribution is -2.07. The summed E-state index contributed by atoms with van der Waals surface area (Å²) in [6.07, 6.45) is 0. The van der Waals surface area contributed by atoms with Crippen LogP contribution in [0.1, 0.15) is 11.1 Å². The van der Waals surface area contributed by atoms with Gasteiger partial charge in [-0.25, -0.2) is 0 Å². The number of hydrogen-bond acceptors (Lipinski definition) is 4. The van der Waals surface area contributed by atoms with Crippen LogP contribution in [0.15, 0.2) is 16.9 Å². The van der Waals surface area contributed by atoms with Crippen LogP contribution >= 0.6 is 11.6 Å². The van der Waals surface area contributed by atoms with Gasteiger partial charge in [0.25, 0.3) is 0 Å². The zero-order valence-electron chi connectivity index (χ0n) is 9.12. The molecule has 0 saturated heterocycles. The Hall–Kier alpha value is -1.10. The van der Waals surface area contributed by atoms with E-state index in [1.54, 1.807) is 0 Å². The predicted octanol–water partition coefficient (Wildman–Crippen LogP) is 1.70. The van der Waals surface area contributed by atoms with E-state index >= 15 is 0 Å². The van der Waals surface area contributed by atoms with Gasteiger partial charge in [0.1, 0.15) is 0 Å². The Bertz CT molecular complexity index is 431. The predicted molar refractivity (Wildman–Crippen MR) is 60.8 cm³/mol. The second-order valence-corrected chi connectivity index (χ2v) is 3.70. The van der Waals surface area contributed by atoms with E-state index in [-0.39, 0.29) is 19.0 Å². The Morgan fingerprint density at radius 2 is 1.69 bits per heavy atom. The number of halogens is 1. The molecule has 0 bridgehead atoms. The maximum atomic E-state index is 11.8. The normalized spacial score (nSPS) is 10.4. The molecule has 5 heteroatoms. The fourth-order valence-corrected chi connectivity index (χ4v) is 1.60. The quantitative estimate of drug-likeness (QED) is 0.876. The monoisotopic (exact) mass is 244 g/mol. The summed E-state index contributed by atoms with van der Waals surface area (Å²) in [7, 11) is 2.94. The molecule has 1 N–H and O–H groups in total. The minimum Gasteiger partial charge on any atom is -0.504 e. The minimum absolute atomic E-state index is 0.104. The van der Waals surface area contributed by atoms with E-state index in [0.29, 0.717) is 16.1 Å². The van der Waals surface area contributed by atoms with Gasteiger partial charge in [-0.15, -0.1) is 0 Å². The molecule has 1 aromatic rings. The maximum absolute atomic E-state index is 11.8. The first-order valence-electron chi connectivity index (χ1n) is 4.62. The fraction of sp³-hybridized carbons (Fsp3) is 0.364. The molecule has 0 heterocycles. The van der Waals surface area contributed by atoms with Crippen LogP contribution in [0.2, 0.25) is 5.02 Å². The molecule has 0 radical (unpaired) electrons. The molecule has 0 aliphatic carbocycles. The zero-order chi connectivity index (χ0) is 12.1. The van der Waals surface area contributed by atoms with Crippen LogP contribution in [-0.2, 0) is 22.7 Å². The van der Waals surface area contributed by atoms with Gasteiger partial charge in [-0.1, -0.05) is 11.6 Å². The number of hydrogen-bond donors (Lipinski definition) is 1. The lowest BCUT2D eigenvalue weighted by atomic mass is 10.2. The Morgan fingerprint density at radius 1 is 1.19 bits per heavy atom. The highest BCUT2D eigenvalue weighted by atomic mass is 35.5. The molecule has 88 valence electrons. The number of rotatable bonds is 4. The van der Waals surface area contributed by atoms with E-state index in [9.17, 15) is 9.90 Å². The van der Waals surface area contributed by atoms with Crippen LogP contribution in [0.5, 0.6) is 5.75 Å². The molecule has 0 aliphatic heterocycles. The third-order valence-electron chi connectivity index (χ3n) is 2.03. The molecule has 1 aromatic carbocycles. The van der Waals surface area contributed by atoms with Gasteiger partial charge in [-0.2, -0.15) is 0 Å². The van der Waals surface area contributed by atoms with Crippen molar-refractivity contribution in [1.29, 1.82) is 0 Å². The molecule has 0 spiro atoms. The molecule has 0 atom stereocenters. The van der Waals surface area contributed by atoms with Gasteiger partial charge in [-0.3, -0.25) is 4.79 Å². The van der Waals surface area contributed by atoms with Gasteiger partial charge >= 0.3 is 0 Å². The second kappa shape index (κ2) is 5.84. The molecule has 4 nitrogen and oxygen atoms in total. The van der Waals surface area contributed by atoms with Crippen LogP contribution in [0.3, 0.4) is 0 Å². The first-order chi connectivity index (χ1) is 7.60. The second-order valence-electron chi connectivity index (χ2n) is 3.27. The van der Waals surface area contributed by atoms with Crippen molar-refractivity contribution in [2.24, 2.45) is 0 Å². The number of ether oxygens (including phenoxy) is 2. The van der Waals surface area contributed by atoms with Gasteiger partial charge in [0.15, 0.2) is 5.75 Å². The topological polar surface area (TPSA) is 55.8 Å². The van der Waals surface area contributed by atoms with Crippen molar-refractivity contribution in [3.05, 3.63) is 38.5 Å². The smallest absolute Gasteiger partial charge is 0.226 e. The molecule has 1 rings (SSSR count). The highest BCUT2D eigenvalue weighted by molar-refractivity contribution is 6.30. The molecular weight excluding hydrogens is 232 g/mol. The van der Waals surface area contributed by atoms with Crippen molar-refractivity contribution in [3.63, 3.8) is 0 Å². The first kappa shape index (κ1) is 13.0. The Morgan fingerprint density at radius 3 is 2.25 bits per heavy atom. The zero-order valence-corrected chi connectivity index (χ0v) is 9.87. The molecule has 0 aromatic heterocycles. The van der Waals surface area contributed by atoms with Crippen LogP contribution in [0.25, 0.3) is 0 Å². The van der Waals surface area contributed by atoms with E-state index in [1.807, 2.05) is 0 Å². The molecule has 0 unspecified atom stereocenters. The van der Waals surface area contributed by atoms with E-state index in [1.165, 1.54) is 26.4 Å². The summed E-state index contributed by atoms with van der Waals surface area (Å²) in [5.41, 5.74) is 0.188. The van der Waals surface area contributed by atoms with Gasteiger partial charge in [0, 0.05) is 30.4 Å². The van der Waals surface area contributed by atoms with E-state index in [4.69, 9.17) is 21.1 Å². The molecule has 16 heavy (non-hydrogen) atoms. The highest BCUT2D eigenvalue weighted by Gasteiger charge is 2.09. The van der Waals surface area contributed by atoms with Crippen LogP contribution < -0.4 is 5.43 Å². The van der Waals surface area contributed by atoms with Crippen molar-refractivity contribution in [1.82, 2.24) is 0 Å². The fourth-order valence-electron chi connectivity index (χ4n) is 1.33. The Kier molecular flexibility index (Phi) is 4.73. The average Bonchev–Trinajstić information content (AvgIpc) is 2.33. The van der Waals surface area contributed by atoms with E-state index < -0.39 is 5.43 Å². The minimum atomic E-state index is -0.485. The van der Waals surface area contributed by atoms with E-state index in [0.717, 1.165) is 0 Å². The molecule has 0 aliphatic rings. The lowest BCUT2D eigenvalue weighted by molar-refractivity contribution is 0.180. The first-order valence-corrected chi connectivity index (χ1v) is 5.00. The van der Waals surface area contributed by atoms with Gasteiger partial charge < -0.3 is 14.6 Å². The van der Waals surface area contributed by atoms with Crippen molar-refractivity contribution in [2.75, 3.05) is 14.2 Å². The summed E-state index contributed by atoms with van der Waals surface area (Å²) in [4.78, 5) is 11.8. The largest absolute Gasteiger partial charge is 0.504 e. The van der Waals surface area contributed by atoms with Crippen molar-refractivity contribution < 1.29 is 14.6 Å². The third-order valence-corrected chi connectivity index (χ3v) is 2.25. The molecule has 0 amide bonds. The summed E-state index contributed by atoms with van der Waals surface area (Å²) in [6, 6.07) is 2.98. The Labute approximate surface area is 98.4 Å². The number of methoxy groups -OCH3 is 2. The Balaban J connectivity index is 3.39. The number of aromatic hydroxyl groups is 1. The summed E-state index contributed by atoms with van der Waals surface area (Å²) in [5.74, 6) is -0.346. The van der Waals surface area contributed by atoms with Gasteiger partial charge in [-0.05, 0) is 12.1 Å². The van der Waals surface area contributed by atoms with Crippen molar-refractivity contribution >= 4 is 11.6 Å². The lowest BCUT2D eigenvalue weighted by Gasteiger charge is -1.98. The summed E-state index contributed by atoms with van der Waals surface area (Å²) < 4.78 is 9.73. The summed E-state index contributed by atoms with van der Waals surface area (Å²) >= 11 is 5.89. The molecule has 0 fully saturated rings. The SMILES string of the molecule is COCc1cc(Cl)cc(COC)c(=O)c1O. The third kappa shape index (κ3) is 2.95. The highest BCUT2D eigenvalue weighted by Crippen LogP contribution is 2.18. The summed E-state index contributed by atoms with van der Waals surface area (Å²) in [5, 5.41) is 10.1. The van der Waals surface area contributed by atoms with Crippen LogP contribution in [0.4, 0.5) is 0 Å². The van der Waals surface area contributed by atoms with Crippen LogP contribution in [-0.4, -0.2) is 19.3 Å². The maximum Gasteiger partial charge on any atom is 0.226 e.